The third-order valence-corrected chi connectivity index (χ3v) is 5.29. The summed E-state index contributed by atoms with van der Waals surface area (Å²) in [6, 6.07) is 11.2. The summed E-state index contributed by atoms with van der Waals surface area (Å²) in [5.74, 6) is 0.347. The minimum atomic E-state index is 0.172. The van der Waals surface area contributed by atoms with Crippen LogP contribution in [0.5, 0.6) is 0 Å². The van der Waals surface area contributed by atoms with Gasteiger partial charge in [0.2, 0.25) is 6.41 Å². The lowest BCUT2D eigenvalue weighted by Crippen LogP contribution is -2.12. The SMILES string of the molecule is O=CNc1cc(Cl)ccc1C1CNCC1c1cccc(Cl)c1Cl. The van der Waals surface area contributed by atoms with Gasteiger partial charge >= 0.3 is 0 Å². The third-order valence-electron chi connectivity index (χ3n) is 4.22. The number of hydrogen-bond acceptors (Lipinski definition) is 2. The van der Waals surface area contributed by atoms with E-state index in [0.29, 0.717) is 21.5 Å². The molecule has 2 atom stereocenters. The van der Waals surface area contributed by atoms with Crippen LogP contribution < -0.4 is 10.6 Å². The zero-order valence-electron chi connectivity index (χ0n) is 12.2. The molecular formula is C17H15Cl3N2O. The normalized spacial score (nSPS) is 20.5. The molecule has 0 spiro atoms. The highest BCUT2D eigenvalue weighted by Gasteiger charge is 2.32. The van der Waals surface area contributed by atoms with Gasteiger partial charge in [-0.3, -0.25) is 4.79 Å². The van der Waals surface area contributed by atoms with Gasteiger partial charge < -0.3 is 10.6 Å². The van der Waals surface area contributed by atoms with Crippen molar-refractivity contribution < 1.29 is 4.79 Å². The summed E-state index contributed by atoms with van der Waals surface area (Å²) in [4.78, 5) is 10.9. The molecule has 1 saturated heterocycles. The van der Waals surface area contributed by atoms with Crippen molar-refractivity contribution in [2.75, 3.05) is 18.4 Å². The van der Waals surface area contributed by atoms with Gasteiger partial charge in [-0.05, 0) is 29.3 Å². The van der Waals surface area contributed by atoms with E-state index in [1.807, 2.05) is 24.3 Å². The molecule has 6 heteroatoms. The highest BCUT2D eigenvalue weighted by Crippen LogP contribution is 2.43. The van der Waals surface area contributed by atoms with E-state index in [1.165, 1.54) is 0 Å². The summed E-state index contributed by atoms with van der Waals surface area (Å²) in [7, 11) is 0. The van der Waals surface area contributed by atoms with Crippen LogP contribution in [0, 0.1) is 0 Å². The maximum Gasteiger partial charge on any atom is 0.211 e. The van der Waals surface area contributed by atoms with Gasteiger partial charge in [0.1, 0.15) is 0 Å². The molecule has 0 aromatic heterocycles. The maximum absolute atomic E-state index is 10.9. The van der Waals surface area contributed by atoms with Crippen molar-refractivity contribution in [1.29, 1.82) is 0 Å². The number of benzene rings is 2. The lowest BCUT2D eigenvalue weighted by atomic mass is 9.83. The first kappa shape index (κ1) is 16.6. The fourth-order valence-electron chi connectivity index (χ4n) is 3.18. The Labute approximate surface area is 149 Å². The second kappa shape index (κ2) is 7.10. The van der Waals surface area contributed by atoms with E-state index in [2.05, 4.69) is 10.6 Å². The zero-order chi connectivity index (χ0) is 16.4. The smallest absolute Gasteiger partial charge is 0.211 e. The zero-order valence-corrected chi connectivity index (χ0v) is 14.4. The van der Waals surface area contributed by atoms with Crippen molar-refractivity contribution in [3.8, 4) is 0 Å². The minimum Gasteiger partial charge on any atom is -0.328 e. The predicted molar refractivity (Wildman–Crippen MR) is 96.0 cm³/mol. The highest BCUT2D eigenvalue weighted by atomic mass is 35.5. The Hall–Kier alpha value is -1.26. The van der Waals surface area contributed by atoms with Crippen LogP contribution in [-0.2, 0) is 4.79 Å². The lowest BCUT2D eigenvalue weighted by Gasteiger charge is -2.23. The Bertz CT molecular complexity index is 736. The number of amides is 1. The van der Waals surface area contributed by atoms with Crippen molar-refractivity contribution >= 4 is 46.9 Å². The third kappa shape index (κ3) is 3.33. The molecule has 1 heterocycles. The molecule has 23 heavy (non-hydrogen) atoms. The molecule has 2 N–H and O–H groups in total. The Morgan fingerprint density at radius 1 is 1.04 bits per heavy atom. The standard InChI is InChI=1S/C17H15Cl3N2O/c18-10-4-5-11(16(6-10)22-9-23)13-7-21-8-14(13)12-2-1-3-15(19)17(12)20/h1-6,9,13-14,21H,7-8H2,(H,22,23). The number of halogens is 3. The topological polar surface area (TPSA) is 41.1 Å². The first-order valence-electron chi connectivity index (χ1n) is 7.26. The van der Waals surface area contributed by atoms with Crippen LogP contribution in [0.15, 0.2) is 36.4 Å². The first-order chi connectivity index (χ1) is 11.1. The van der Waals surface area contributed by atoms with Gasteiger partial charge in [-0.25, -0.2) is 0 Å². The van der Waals surface area contributed by atoms with Crippen LogP contribution in [0.2, 0.25) is 15.1 Å². The number of anilines is 1. The van der Waals surface area contributed by atoms with Gasteiger partial charge in [-0.1, -0.05) is 53.0 Å². The summed E-state index contributed by atoms with van der Waals surface area (Å²) < 4.78 is 0. The molecule has 1 aliphatic rings. The molecular weight excluding hydrogens is 355 g/mol. The Morgan fingerprint density at radius 2 is 1.78 bits per heavy atom. The van der Waals surface area contributed by atoms with E-state index >= 15 is 0 Å². The minimum absolute atomic E-state index is 0.172. The molecule has 1 fully saturated rings. The summed E-state index contributed by atoms with van der Waals surface area (Å²) in [5.41, 5.74) is 2.78. The van der Waals surface area contributed by atoms with Gasteiger partial charge in [-0.2, -0.15) is 0 Å². The van der Waals surface area contributed by atoms with Gasteiger partial charge in [0.15, 0.2) is 0 Å². The van der Waals surface area contributed by atoms with E-state index in [4.69, 9.17) is 34.8 Å². The second-order valence-corrected chi connectivity index (χ2v) is 6.73. The number of carbonyl (C=O) groups is 1. The number of rotatable bonds is 4. The molecule has 0 saturated carbocycles. The van der Waals surface area contributed by atoms with Crippen LogP contribution in [0.3, 0.4) is 0 Å². The number of hydrogen-bond donors (Lipinski definition) is 2. The molecule has 0 bridgehead atoms. The van der Waals surface area contributed by atoms with Crippen molar-refractivity contribution in [2.24, 2.45) is 0 Å². The monoisotopic (exact) mass is 368 g/mol. The summed E-state index contributed by atoms with van der Waals surface area (Å²) >= 11 is 18.6. The predicted octanol–water partition coefficient (Wildman–Crippen LogP) is 4.69. The van der Waals surface area contributed by atoms with Crippen LogP contribution >= 0.6 is 34.8 Å². The van der Waals surface area contributed by atoms with Crippen LogP contribution in [0.1, 0.15) is 23.0 Å². The molecule has 1 amide bonds. The largest absolute Gasteiger partial charge is 0.328 e. The molecule has 2 aromatic carbocycles. The van der Waals surface area contributed by atoms with Crippen LogP contribution in [0.4, 0.5) is 5.69 Å². The molecule has 0 radical (unpaired) electrons. The maximum atomic E-state index is 10.9. The van der Waals surface area contributed by atoms with Crippen molar-refractivity contribution in [3.63, 3.8) is 0 Å². The molecule has 3 nitrogen and oxygen atoms in total. The van der Waals surface area contributed by atoms with Crippen molar-refractivity contribution in [3.05, 3.63) is 62.6 Å². The highest BCUT2D eigenvalue weighted by molar-refractivity contribution is 6.42. The average molecular weight is 370 g/mol. The van der Waals surface area contributed by atoms with Gasteiger partial charge in [-0.15, -0.1) is 0 Å². The van der Waals surface area contributed by atoms with E-state index in [-0.39, 0.29) is 11.8 Å². The molecule has 120 valence electrons. The molecule has 1 aliphatic heterocycles. The lowest BCUT2D eigenvalue weighted by molar-refractivity contribution is -0.105. The average Bonchev–Trinajstić information content (AvgIpc) is 3.00. The van der Waals surface area contributed by atoms with Crippen molar-refractivity contribution in [1.82, 2.24) is 5.32 Å². The second-order valence-electron chi connectivity index (χ2n) is 5.51. The Morgan fingerprint density at radius 3 is 2.52 bits per heavy atom. The van der Waals surface area contributed by atoms with Crippen LogP contribution in [0.25, 0.3) is 0 Å². The summed E-state index contributed by atoms with van der Waals surface area (Å²) in [6.07, 6.45) is 0.666. The Kier molecular flexibility index (Phi) is 5.12. The van der Waals surface area contributed by atoms with Crippen molar-refractivity contribution in [2.45, 2.75) is 11.8 Å². The fourth-order valence-corrected chi connectivity index (χ4v) is 3.80. The molecule has 3 rings (SSSR count). The number of carbonyl (C=O) groups excluding carboxylic acids is 1. The summed E-state index contributed by atoms with van der Waals surface area (Å²) in [5, 5.41) is 7.87. The summed E-state index contributed by atoms with van der Waals surface area (Å²) in [6.45, 7) is 1.59. The Balaban J connectivity index is 2.02. The van der Waals surface area contributed by atoms with Gasteiger partial charge in [0.25, 0.3) is 0 Å². The van der Waals surface area contributed by atoms with E-state index < -0.39 is 0 Å². The van der Waals surface area contributed by atoms with Gasteiger partial charge in [0.05, 0.1) is 10.0 Å². The first-order valence-corrected chi connectivity index (χ1v) is 8.39. The molecule has 0 aliphatic carbocycles. The van der Waals surface area contributed by atoms with E-state index in [0.717, 1.165) is 29.9 Å². The van der Waals surface area contributed by atoms with E-state index in [9.17, 15) is 4.79 Å². The van der Waals surface area contributed by atoms with Crippen LogP contribution in [-0.4, -0.2) is 19.5 Å². The fraction of sp³-hybridized carbons (Fsp3) is 0.235. The molecule has 2 unspecified atom stereocenters. The number of nitrogens with one attached hydrogen (secondary N) is 2. The molecule has 2 aromatic rings. The van der Waals surface area contributed by atoms with E-state index in [1.54, 1.807) is 12.1 Å². The quantitative estimate of drug-likeness (QED) is 0.768. The van der Waals surface area contributed by atoms with Gasteiger partial charge in [0, 0.05) is 35.6 Å².